The van der Waals surface area contributed by atoms with E-state index < -0.39 is 11.7 Å². The van der Waals surface area contributed by atoms with E-state index in [4.69, 9.17) is 14.5 Å². The van der Waals surface area contributed by atoms with Crippen molar-refractivity contribution in [3.8, 4) is 0 Å². The van der Waals surface area contributed by atoms with Crippen molar-refractivity contribution in [2.24, 2.45) is 0 Å². The number of rotatable bonds is 6. The van der Waals surface area contributed by atoms with Crippen LogP contribution in [0.15, 0.2) is 34.8 Å². The Balaban J connectivity index is 1.71. The van der Waals surface area contributed by atoms with Crippen LogP contribution in [-0.2, 0) is 35.4 Å². The maximum Gasteiger partial charge on any atom is 0.407 e. The van der Waals surface area contributed by atoms with Gasteiger partial charge in [-0.05, 0) is 100 Å². The van der Waals surface area contributed by atoms with Gasteiger partial charge in [0, 0.05) is 9.86 Å². The fraction of sp³-hybridized carbons (Fsp3) is 0.444. The van der Waals surface area contributed by atoms with E-state index in [1.807, 2.05) is 43.5 Å². The molecule has 0 saturated carbocycles. The van der Waals surface area contributed by atoms with E-state index in [0.717, 1.165) is 29.1 Å². The first-order valence-corrected chi connectivity index (χ1v) is 12.9. The van der Waals surface area contributed by atoms with Crippen molar-refractivity contribution >= 4 is 39.0 Å². The van der Waals surface area contributed by atoms with E-state index in [-0.39, 0.29) is 12.5 Å². The molecule has 0 spiro atoms. The number of carbonyl (C=O) groups excluding carboxylic acids is 2. The molecule has 0 saturated heterocycles. The van der Waals surface area contributed by atoms with Crippen LogP contribution in [0.5, 0.6) is 0 Å². The van der Waals surface area contributed by atoms with Gasteiger partial charge >= 0.3 is 12.1 Å². The Hall–Kier alpha value is -2.87. The predicted octanol–water partition coefficient (Wildman–Crippen LogP) is 5.93. The fourth-order valence-corrected chi connectivity index (χ4v) is 5.06. The van der Waals surface area contributed by atoms with Gasteiger partial charge < -0.3 is 19.4 Å². The third-order valence-corrected chi connectivity index (χ3v) is 6.41. The number of pyridine rings is 1. The number of nitrogens with one attached hydrogen (secondary N) is 1. The summed E-state index contributed by atoms with van der Waals surface area (Å²) in [5.74, 6) is -0.372. The molecule has 0 atom stereocenters. The Morgan fingerprint density at radius 1 is 1.14 bits per heavy atom. The Bertz CT molecular complexity index is 1260. The lowest BCUT2D eigenvalue weighted by molar-refractivity contribution is 0.0508. The smallest absolute Gasteiger partial charge is 0.407 e. The minimum atomic E-state index is -0.576. The zero-order chi connectivity index (χ0) is 25.2. The first-order chi connectivity index (χ1) is 16.6. The molecule has 7 nitrogen and oxygen atoms in total. The molecule has 3 aromatic rings. The molecule has 1 amide bonds. The number of halogens is 1. The molecule has 4 rings (SSSR count). The van der Waals surface area contributed by atoms with Crippen LogP contribution in [0.25, 0.3) is 11.0 Å². The molecule has 1 N–H and O–H groups in total. The molecule has 1 aliphatic carbocycles. The first kappa shape index (κ1) is 25.2. The van der Waals surface area contributed by atoms with E-state index in [0.29, 0.717) is 30.2 Å². The largest absolute Gasteiger partial charge is 0.461 e. The standard InChI is InChI=1S/C27H32BrN3O4/c1-5-34-25(32)23-14-18-10-11-21(15-29-26(33)35-27(2,3)4)30-24(18)31(23)16-19-13-20(28)12-17-8-6-7-9-22(17)19/h10-14H,5-9,15-16H2,1-4H3,(H,29,33). The highest BCUT2D eigenvalue weighted by Crippen LogP contribution is 2.30. The third kappa shape index (κ3) is 6.04. The van der Waals surface area contributed by atoms with Gasteiger partial charge in [-0.2, -0.15) is 0 Å². The van der Waals surface area contributed by atoms with E-state index in [9.17, 15) is 9.59 Å². The topological polar surface area (TPSA) is 82.4 Å². The molecule has 35 heavy (non-hydrogen) atoms. The molecule has 0 aliphatic heterocycles. The average molecular weight is 542 g/mol. The average Bonchev–Trinajstić information content (AvgIpc) is 3.14. The van der Waals surface area contributed by atoms with Crippen LogP contribution in [-0.4, -0.2) is 33.8 Å². The van der Waals surface area contributed by atoms with Crippen LogP contribution in [0.1, 0.15) is 73.4 Å². The Labute approximate surface area is 214 Å². The molecule has 0 unspecified atom stereocenters. The number of nitrogens with zero attached hydrogens (tertiary/aromatic N) is 2. The zero-order valence-corrected chi connectivity index (χ0v) is 22.3. The summed E-state index contributed by atoms with van der Waals surface area (Å²) in [4.78, 5) is 29.8. The lowest BCUT2D eigenvalue weighted by atomic mass is 9.88. The van der Waals surface area contributed by atoms with E-state index in [2.05, 4.69) is 33.4 Å². The van der Waals surface area contributed by atoms with Crippen molar-refractivity contribution in [3.05, 3.63) is 62.9 Å². The van der Waals surface area contributed by atoms with Gasteiger partial charge in [-0.1, -0.05) is 15.9 Å². The second kappa shape index (κ2) is 10.4. The number of aromatic nitrogens is 2. The summed E-state index contributed by atoms with van der Waals surface area (Å²) >= 11 is 3.67. The lowest BCUT2D eigenvalue weighted by Gasteiger charge is -2.21. The van der Waals surface area contributed by atoms with Crippen LogP contribution in [0.2, 0.25) is 0 Å². The van der Waals surface area contributed by atoms with Crippen LogP contribution in [0.3, 0.4) is 0 Å². The van der Waals surface area contributed by atoms with Gasteiger partial charge in [0.1, 0.15) is 16.9 Å². The summed E-state index contributed by atoms with van der Waals surface area (Å²) in [6.07, 6.45) is 3.96. The molecular weight excluding hydrogens is 510 g/mol. The van der Waals surface area contributed by atoms with Gasteiger partial charge in [-0.3, -0.25) is 0 Å². The highest BCUT2D eigenvalue weighted by molar-refractivity contribution is 9.10. The Kier molecular flexibility index (Phi) is 7.50. The summed E-state index contributed by atoms with van der Waals surface area (Å²) in [6, 6.07) is 9.94. The van der Waals surface area contributed by atoms with Crippen molar-refractivity contribution in [3.63, 3.8) is 0 Å². The minimum Gasteiger partial charge on any atom is -0.461 e. The van der Waals surface area contributed by atoms with Crippen molar-refractivity contribution < 1.29 is 19.1 Å². The summed E-state index contributed by atoms with van der Waals surface area (Å²) in [7, 11) is 0. The molecule has 0 fully saturated rings. The third-order valence-electron chi connectivity index (χ3n) is 5.95. The quantitative estimate of drug-likeness (QED) is 0.391. The normalized spacial score (nSPS) is 13.4. The number of hydrogen-bond donors (Lipinski definition) is 1. The van der Waals surface area contributed by atoms with E-state index in [1.165, 1.54) is 23.1 Å². The molecule has 0 bridgehead atoms. The summed E-state index contributed by atoms with van der Waals surface area (Å²) in [5, 5.41) is 3.60. The summed E-state index contributed by atoms with van der Waals surface area (Å²) in [6.45, 7) is 8.29. The molecule has 2 aromatic heterocycles. The Morgan fingerprint density at radius 3 is 2.66 bits per heavy atom. The van der Waals surface area contributed by atoms with Crippen LogP contribution >= 0.6 is 15.9 Å². The SMILES string of the molecule is CCOC(=O)c1cc2ccc(CNC(=O)OC(C)(C)C)nc2n1Cc1cc(Br)cc2c1CCCC2. The molecule has 0 radical (unpaired) electrons. The molecule has 8 heteroatoms. The van der Waals surface area contributed by atoms with E-state index >= 15 is 0 Å². The fourth-order valence-electron chi connectivity index (χ4n) is 4.50. The number of ether oxygens (including phenoxy) is 2. The van der Waals surface area contributed by atoms with Gasteiger partial charge in [-0.15, -0.1) is 0 Å². The number of fused-ring (bicyclic) bond motifs is 2. The Morgan fingerprint density at radius 2 is 1.91 bits per heavy atom. The van der Waals surface area contributed by atoms with Crippen LogP contribution in [0, 0.1) is 0 Å². The molecule has 2 heterocycles. The van der Waals surface area contributed by atoms with Crippen molar-refractivity contribution in [2.75, 3.05) is 6.61 Å². The second-order valence-electron chi connectivity index (χ2n) is 9.82. The minimum absolute atomic E-state index is 0.219. The predicted molar refractivity (Wildman–Crippen MR) is 139 cm³/mol. The zero-order valence-electron chi connectivity index (χ0n) is 20.7. The van der Waals surface area contributed by atoms with Crippen molar-refractivity contribution in [1.82, 2.24) is 14.9 Å². The highest BCUT2D eigenvalue weighted by Gasteiger charge is 2.22. The molecule has 1 aliphatic rings. The number of alkyl carbamates (subject to hydrolysis) is 1. The number of benzene rings is 1. The van der Waals surface area contributed by atoms with Crippen LogP contribution in [0.4, 0.5) is 4.79 Å². The van der Waals surface area contributed by atoms with Gasteiger partial charge in [0.15, 0.2) is 0 Å². The van der Waals surface area contributed by atoms with Gasteiger partial charge in [0.25, 0.3) is 0 Å². The van der Waals surface area contributed by atoms with E-state index in [1.54, 1.807) is 6.92 Å². The van der Waals surface area contributed by atoms with Crippen LogP contribution < -0.4 is 5.32 Å². The number of esters is 1. The first-order valence-electron chi connectivity index (χ1n) is 12.1. The number of aryl methyl sites for hydroxylation is 1. The van der Waals surface area contributed by atoms with Gasteiger partial charge in [0.2, 0.25) is 0 Å². The molecule has 1 aromatic carbocycles. The number of hydrogen-bond acceptors (Lipinski definition) is 5. The van der Waals surface area contributed by atoms with Gasteiger partial charge in [-0.25, -0.2) is 14.6 Å². The van der Waals surface area contributed by atoms with Crippen molar-refractivity contribution in [2.45, 2.75) is 72.1 Å². The lowest BCUT2D eigenvalue weighted by Crippen LogP contribution is -2.32. The number of amides is 1. The molecule has 186 valence electrons. The maximum atomic E-state index is 12.9. The summed E-state index contributed by atoms with van der Waals surface area (Å²) in [5.41, 5.74) is 5.15. The van der Waals surface area contributed by atoms with Gasteiger partial charge in [0.05, 0.1) is 25.4 Å². The van der Waals surface area contributed by atoms with Crippen molar-refractivity contribution in [1.29, 1.82) is 0 Å². The monoisotopic (exact) mass is 541 g/mol. The summed E-state index contributed by atoms with van der Waals surface area (Å²) < 4.78 is 13.7. The second-order valence-corrected chi connectivity index (χ2v) is 10.7. The number of carbonyl (C=O) groups is 2. The highest BCUT2D eigenvalue weighted by atomic mass is 79.9. The maximum absolute atomic E-state index is 12.9. The molecular formula is C27H32BrN3O4.